The van der Waals surface area contributed by atoms with Gasteiger partial charge in [0.1, 0.15) is 5.82 Å². The molecule has 0 fully saturated rings. The molecule has 1 rings (SSSR count). The molecule has 1 atom stereocenters. The monoisotopic (exact) mass is 211 g/mol. The highest BCUT2D eigenvalue weighted by molar-refractivity contribution is 5.34. The number of anilines is 1. The predicted octanol–water partition coefficient (Wildman–Crippen LogP) is 1.99. The van der Waals surface area contributed by atoms with E-state index in [9.17, 15) is 0 Å². The number of aromatic nitrogens is 2. The molecule has 0 saturated heterocycles. The first-order chi connectivity index (χ1) is 7.13. The average molecular weight is 211 g/mol. The van der Waals surface area contributed by atoms with Gasteiger partial charge in [0.25, 0.3) is 0 Å². The lowest BCUT2D eigenvalue weighted by atomic mass is 10.2. The van der Waals surface area contributed by atoms with Crippen LogP contribution in [-0.2, 0) is 11.3 Å². The summed E-state index contributed by atoms with van der Waals surface area (Å²) in [5, 5.41) is 7.66. The summed E-state index contributed by atoms with van der Waals surface area (Å²) in [6.07, 6.45) is 1.82. The Morgan fingerprint density at radius 1 is 1.47 bits per heavy atom. The second-order valence-electron chi connectivity index (χ2n) is 4.29. The van der Waals surface area contributed by atoms with Crippen LogP contribution in [0.1, 0.15) is 20.8 Å². The van der Waals surface area contributed by atoms with Crippen molar-refractivity contribution in [3.8, 4) is 0 Å². The third-order valence-electron chi connectivity index (χ3n) is 2.07. The predicted molar refractivity (Wildman–Crippen MR) is 62.0 cm³/mol. The summed E-state index contributed by atoms with van der Waals surface area (Å²) in [5.41, 5.74) is 0. The van der Waals surface area contributed by atoms with Crippen LogP contribution in [0.5, 0.6) is 0 Å². The second-order valence-corrected chi connectivity index (χ2v) is 4.29. The van der Waals surface area contributed by atoms with E-state index in [1.807, 2.05) is 16.9 Å². The van der Waals surface area contributed by atoms with Crippen LogP contribution >= 0.6 is 0 Å². The summed E-state index contributed by atoms with van der Waals surface area (Å²) >= 11 is 0. The fraction of sp³-hybridized carbons (Fsp3) is 0.727. The third kappa shape index (κ3) is 3.91. The zero-order valence-corrected chi connectivity index (χ0v) is 10.0. The Labute approximate surface area is 91.6 Å². The fourth-order valence-corrected chi connectivity index (χ4v) is 1.49. The zero-order valence-electron chi connectivity index (χ0n) is 10.0. The lowest BCUT2D eigenvalue weighted by molar-refractivity contribution is 0.190. The molecule has 1 N–H and O–H groups in total. The van der Waals surface area contributed by atoms with Crippen molar-refractivity contribution in [1.29, 1.82) is 0 Å². The molecule has 0 aliphatic rings. The molecule has 0 amide bonds. The van der Waals surface area contributed by atoms with Crippen molar-refractivity contribution in [3.05, 3.63) is 12.3 Å². The van der Waals surface area contributed by atoms with Crippen LogP contribution in [0.3, 0.4) is 0 Å². The van der Waals surface area contributed by atoms with Crippen LogP contribution in [0, 0.1) is 5.92 Å². The molecule has 0 aromatic carbocycles. The van der Waals surface area contributed by atoms with Crippen molar-refractivity contribution in [3.63, 3.8) is 0 Å². The molecule has 0 saturated carbocycles. The molecule has 1 aromatic rings. The van der Waals surface area contributed by atoms with Crippen LogP contribution in [-0.4, -0.2) is 29.5 Å². The molecule has 1 heterocycles. The summed E-state index contributed by atoms with van der Waals surface area (Å²) in [7, 11) is 1.71. The number of methoxy groups -OCH3 is 1. The highest BCUT2D eigenvalue weighted by atomic mass is 16.5. The molecule has 0 bridgehead atoms. The van der Waals surface area contributed by atoms with Gasteiger partial charge in [0, 0.05) is 25.8 Å². The molecule has 4 heteroatoms. The van der Waals surface area contributed by atoms with Gasteiger partial charge >= 0.3 is 0 Å². The maximum Gasteiger partial charge on any atom is 0.124 e. The number of hydrogen-bond acceptors (Lipinski definition) is 3. The van der Waals surface area contributed by atoms with Crippen LogP contribution in [0.2, 0.25) is 0 Å². The summed E-state index contributed by atoms with van der Waals surface area (Å²) in [6.45, 7) is 8.10. The Morgan fingerprint density at radius 3 is 2.80 bits per heavy atom. The molecule has 0 radical (unpaired) electrons. The van der Waals surface area contributed by atoms with E-state index < -0.39 is 0 Å². The summed E-state index contributed by atoms with van der Waals surface area (Å²) in [6, 6.07) is 2.30. The van der Waals surface area contributed by atoms with Crippen molar-refractivity contribution in [2.24, 2.45) is 5.92 Å². The molecule has 0 aliphatic heterocycles. The minimum Gasteiger partial charge on any atom is -0.383 e. The largest absolute Gasteiger partial charge is 0.383 e. The maximum absolute atomic E-state index is 5.08. The smallest absolute Gasteiger partial charge is 0.124 e. The Bertz CT molecular complexity index is 283. The van der Waals surface area contributed by atoms with E-state index in [1.165, 1.54) is 0 Å². The molecule has 1 aromatic heterocycles. The van der Waals surface area contributed by atoms with E-state index in [0.29, 0.717) is 18.6 Å². The SMILES string of the molecule is COCC(C)Nc1ccnn1CC(C)C. The molecule has 0 spiro atoms. The van der Waals surface area contributed by atoms with Crippen molar-refractivity contribution >= 4 is 5.82 Å². The van der Waals surface area contributed by atoms with Crippen LogP contribution in [0.4, 0.5) is 5.82 Å². The van der Waals surface area contributed by atoms with Gasteiger partial charge in [-0.25, -0.2) is 4.68 Å². The summed E-state index contributed by atoms with van der Waals surface area (Å²) < 4.78 is 7.08. The molecular weight excluding hydrogens is 190 g/mol. The number of rotatable bonds is 6. The maximum atomic E-state index is 5.08. The Morgan fingerprint density at radius 2 is 2.20 bits per heavy atom. The van der Waals surface area contributed by atoms with Crippen molar-refractivity contribution in [1.82, 2.24) is 9.78 Å². The number of nitrogens with zero attached hydrogens (tertiary/aromatic N) is 2. The van der Waals surface area contributed by atoms with Gasteiger partial charge in [-0.15, -0.1) is 0 Å². The van der Waals surface area contributed by atoms with Gasteiger partial charge in [-0.1, -0.05) is 13.8 Å². The first kappa shape index (κ1) is 12.0. The summed E-state index contributed by atoms with van der Waals surface area (Å²) in [5.74, 6) is 1.66. The highest BCUT2D eigenvalue weighted by Gasteiger charge is 2.07. The molecular formula is C11H21N3O. The Kier molecular flexibility index (Phi) is 4.62. The topological polar surface area (TPSA) is 39.1 Å². The van der Waals surface area contributed by atoms with E-state index in [-0.39, 0.29) is 0 Å². The van der Waals surface area contributed by atoms with E-state index >= 15 is 0 Å². The Balaban J connectivity index is 2.56. The van der Waals surface area contributed by atoms with Gasteiger partial charge in [-0.05, 0) is 12.8 Å². The number of nitrogens with one attached hydrogen (secondary N) is 1. The minimum atomic E-state index is 0.303. The van der Waals surface area contributed by atoms with Gasteiger partial charge in [0.2, 0.25) is 0 Å². The van der Waals surface area contributed by atoms with Crippen molar-refractivity contribution in [2.45, 2.75) is 33.4 Å². The van der Waals surface area contributed by atoms with Gasteiger partial charge in [0.05, 0.1) is 12.8 Å². The van der Waals surface area contributed by atoms with E-state index in [4.69, 9.17) is 4.74 Å². The van der Waals surface area contributed by atoms with Crippen LogP contribution in [0.25, 0.3) is 0 Å². The van der Waals surface area contributed by atoms with Gasteiger partial charge in [-0.2, -0.15) is 5.10 Å². The molecule has 15 heavy (non-hydrogen) atoms. The minimum absolute atomic E-state index is 0.303. The second kappa shape index (κ2) is 5.75. The highest BCUT2D eigenvalue weighted by Crippen LogP contribution is 2.10. The van der Waals surface area contributed by atoms with Crippen LogP contribution < -0.4 is 5.32 Å². The van der Waals surface area contributed by atoms with Gasteiger partial charge < -0.3 is 10.1 Å². The van der Waals surface area contributed by atoms with Crippen molar-refractivity contribution in [2.75, 3.05) is 19.0 Å². The lowest BCUT2D eigenvalue weighted by Crippen LogP contribution is -2.23. The Hall–Kier alpha value is -1.03. The van der Waals surface area contributed by atoms with E-state index in [1.54, 1.807) is 7.11 Å². The molecule has 86 valence electrons. The van der Waals surface area contributed by atoms with Gasteiger partial charge in [-0.3, -0.25) is 0 Å². The number of ether oxygens (including phenoxy) is 1. The fourth-order valence-electron chi connectivity index (χ4n) is 1.49. The third-order valence-corrected chi connectivity index (χ3v) is 2.07. The first-order valence-corrected chi connectivity index (χ1v) is 5.40. The molecule has 1 unspecified atom stereocenters. The molecule has 0 aliphatic carbocycles. The summed E-state index contributed by atoms with van der Waals surface area (Å²) in [4.78, 5) is 0. The van der Waals surface area contributed by atoms with Crippen LogP contribution in [0.15, 0.2) is 12.3 Å². The van der Waals surface area contributed by atoms with E-state index in [2.05, 4.69) is 31.2 Å². The standard InChI is InChI=1S/C11H21N3O/c1-9(2)7-14-11(5-6-12-14)13-10(3)8-15-4/h5-6,9-10,13H,7-8H2,1-4H3. The number of hydrogen-bond donors (Lipinski definition) is 1. The lowest BCUT2D eigenvalue weighted by Gasteiger charge is -2.16. The quantitative estimate of drug-likeness (QED) is 0.782. The van der Waals surface area contributed by atoms with E-state index in [0.717, 1.165) is 12.4 Å². The van der Waals surface area contributed by atoms with Crippen molar-refractivity contribution < 1.29 is 4.74 Å². The molecule has 4 nitrogen and oxygen atoms in total. The van der Waals surface area contributed by atoms with Gasteiger partial charge in [0.15, 0.2) is 0 Å². The normalized spacial score (nSPS) is 13.1. The average Bonchev–Trinajstić information content (AvgIpc) is 2.52. The first-order valence-electron chi connectivity index (χ1n) is 5.40. The zero-order chi connectivity index (χ0) is 11.3.